The predicted octanol–water partition coefficient (Wildman–Crippen LogP) is 4.21. The van der Waals surface area contributed by atoms with Gasteiger partial charge in [-0.3, -0.25) is 4.79 Å². The van der Waals surface area contributed by atoms with Crippen LogP contribution in [0.15, 0.2) is 86.0 Å². The summed E-state index contributed by atoms with van der Waals surface area (Å²) in [7, 11) is 0. The molecule has 0 aromatic heterocycles. The highest BCUT2D eigenvalue weighted by atomic mass is 16.5. The Morgan fingerprint density at radius 3 is 2.13 bits per heavy atom. The van der Waals surface area contributed by atoms with Crippen molar-refractivity contribution in [2.24, 2.45) is 0 Å². The Labute approximate surface area is 137 Å². The van der Waals surface area contributed by atoms with E-state index in [1.807, 2.05) is 60.7 Å². The molecule has 0 aliphatic rings. The van der Waals surface area contributed by atoms with Gasteiger partial charge in [0, 0.05) is 0 Å². The Morgan fingerprint density at radius 1 is 1.04 bits per heavy atom. The summed E-state index contributed by atoms with van der Waals surface area (Å²) in [5, 5.41) is 9.21. The Bertz CT molecular complexity index is 591. The van der Waals surface area contributed by atoms with E-state index in [0.29, 0.717) is 6.61 Å². The molecule has 0 heterocycles. The molecule has 120 valence electrons. The number of aliphatic hydroxyl groups excluding tert-OH is 1. The molecule has 0 saturated carbocycles. The molecule has 2 aromatic rings. The molecule has 3 nitrogen and oxygen atoms in total. The Balaban J connectivity index is 0.000000238. The predicted molar refractivity (Wildman–Crippen MR) is 92.7 cm³/mol. The fourth-order valence-electron chi connectivity index (χ4n) is 1.70. The third kappa shape index (κ3) is 7.79. The molecule has 0 saturated heterocycles. The SMILES string of the molecule is C=CC(O)c1ccccc1.C=CCC(=O)OCc1ccccc1. The smallest absolute Gasteiger partial charge is 0.309 e. The lowest BCUT2D eigenvalue weighted by molar-refractivity contribution is -0.143. The topological polar surface area (TPSA) is 46.5 Å². The van der Waals surface area contributed by atoms with E-state index in [9.17, 15) is 9.90 Å². The second-order valence-corrected chi connectivity index (χ2v) is 4.73. The summed E-state index contributed by atoms with van der Waals surface area (Å²) in [6, 6.07) is 19.0. The van der Waals surface area contributed by atoms with Crippen molar-refractivity contribution in [1.82, 2.24) is 0 Å². The van der Waals surface area contributed by atoms with Gasteiger partial charge in [0.2, 0.25) is 0 Å². The lowest BCUT2D eigenvalue weighted by Gasteiger charge is -2.02. The van der Waals surface area contributed by atoms with Gasteiger partial charge >= 0.3 is 5.97 Å². The summed E-state index contributed by atoms with van der Waals surface area (Å²) in [5.41, 5.74) is 1.89. The molecular weight excluding hydrogens is 288 g/mol. The highest BCUT2D eigenvalue weighted by molar-refractivity contribution is 5.70. The van der Waals surface area contributed by atoms with Gasteiger partial charge in [-0.15, -0.1) is 13.2 Å². The van der Waals surface area contributed by atoms with E-state index in [1.54, 1.807) is 0 Å². The van der Waals surface area contributed by atoms with Crippen molar-refractivity contribution >= 4 is 5.97 Å². The maximum Gasteiger partial charge on any atom is 0.309 e. The number of rotatable bonds is 6. The van der Waals surface area contributed by atoms with Crippen molar-refractivity contribution in [1.29, 1.82) is 0 Å². The van der Waals surface area contributed by atoms with Gasteiger partial charge in [0.05, 0.1) is 12.5 Å². The van der Waals surface area contributed by atoms with Gasteiger partial charge < -0.3 is 9.84 Å². The number of hydrogen-bond donors (Lipinski definition) is 1. The highest BCUT2D eigenvalue weighted by Crippen LogP contribution is 2.11. The normalized spacial score (nSPS) is 10.7. The maximum absolute atomic E-state index is 10.9. The van der Waals surface area contributed by atoms with Crippen LogP contribution in [0.3, 0.4) is 0 Å². The van der Waals surface area contributed by atoms with Crippen LogP contribution in [0.5, 0.6) is 0 Å². The van der Waals surface area contributed by atoms with Crippen LogP contribution in [0.4, 0.5) is 0 Å². The van der Waals surface area contributed by atoms with Crippen LogP contribution in [0.2, 0.25) is 0 Å². The van der Waals surface area contributed by atoms with E-state index < -0.39 is 6.10 Å². The molecule has 1 unspecified atom stereocenters. The standard InChI is InChI=1S/C11H12O2.C9H10O/c1-2-6-11(12)13-9-10-7-4-3-5-8-10;1-2-9(10)8-6-4-3-5-7-8/h2-5,7-8H,1,6,9H2;2-7,9-10H,1H2. The van der Waals surface area contributed by atoms with Crippen LogP contribution in [0.25, 0.3) is 0 Å². The van der Waals surface area contributed by atoms with E-state index >= 15 is 0 Å². The molecule has 0 amide bonds. The van der Waals surface area contributed by atoms with Crippen molar-refractivity contribution in [3.05, 3.63) is 97.1 Å². The molecule has 2 aromatic carbocycles. The molecule has 3 heteroatoms. The average Bonchev–Trinajstić information content (AvgIpc) is 2.62. The highest BCUT2D eigenvalue weighted by Gasteiger charge is 1.99. The van der Waals surface area contributed by atoms with Gasteiger partial charge in [0.15, 0.2) is 0 Å². The monoisotopic (exact) mass is 310 g/mol. The summed E-state index contributed by atoms with van der Waals surface area (Å²) in [4.78, 5) is 10.9. The number of carbonyl (C=O) groups excluding carboxylic acids is 1. The Morgan fingerprint density at radius 2 is 1.61 bits per heavy atom. The molecule has 1 atom stereocenters. The fraction of sp³-hybridized carbons (Fsp3) is 0.150. The summed E-state index contributed by atoms with van der Waals surface area (Å²) in [6.07, 6.45) is 2.79. The van der Waals surface area contributed by atoms with Crippen molar-refractivity contribution in [2.75, 3.05) is 0 Å². The zero-order valence-corrected chi connectivity index (χ0v) is 13.1. The molecule has 1 N–H and O–H groups in total. The third-order valence-corrected chi connectivity index (χ3v) is 2.92. The number of hydrogen-bond acceptors (Lipinski definition) is 3. The summed E-state index contributed by atoms with van der Waals surface area (Å²) in [5.74, 6) is -0.237. The number of ether oxygens (including phenoxy) is 1. The first-order chi connectivity index (χ1) is 11.2. The van der Waals surface area contributed by atoms with Crippen molar-refractivity contribution in [2.45, 2.75) is 19.1 Å². The van der Waals surface area contributed by atoms with Crippen molar-refractivity contribution < 1.29 is 14.6 Å². The number of carbonyl (C=O) groups is 1. The van der Waals surface area contributed by atoms with E-state index in [1.165, 1.54) is 12.2 Å². The fourth-order valence-corrected chi connectivity index (χ4v) is 1.70. The minimum absolute atomic E-state index is 0.237. The van der Waals surface area contributed by atoms with Gasteiger partial charge in [-0.05, 0) is 11.1 Å². The van der Waals surface area contributed by atoms with E-state index in [-0.39, 0.29) is 12.4 Å². The Hall–Kier alpha value is -2.65. The van der Waals surface area contributed by atoms with Crippen LogP contribution in [-0.2, 0) is 16.1 Å². The van der Waals surface area contributed by atoms with E-state index in [2.05, 4.69) is 13.2 Å². The second-order valence-electron chi connectivity index (χ2n) is 4.73. The first-order valence-electron chi connectivity index (χ1n) is 7.33. The van der Waals surface area contributed by atoms with Crippen LogP contribution in [0.1, 0.15) is 23.7 Å². The first-order valence-corrected chi connectivity index (χ1v) is 7.33. The molecule has 0 spiro atoms. The minimum atomic E-state index is -0.527. The van der Waals surface area contributed by atoms with Crippen LogP contribution in [-0.4, -0.2) is 11.1 Å². The molecule has 0 aliphatic heterocycles. The van der Waals surface area contributed by atoms with E-state index in [0.717, 1.165) is 11.1 Å². The number of aliphatic hydroxyl groups is 1. The zero-order chi connectivity index (χ0) is 16.9. The number of benzene rings is 2. The van der Waals surface area contributed by atoms with Gasteiger partial charge in [0.25, 0.3) is 0 Å². The van der Waals surface area contributed by atoms with Gasteiger partial charge in [-0.2, -0.15) is 0 Å². The summed E-state index contributed by atoms with van der Waals surface area (Å²) in [6.45, 7) is 7.28. The lowest BCUT2D eigenvalue weighted by atomic mass is 10.1. The van der Waals surface area contributed by atoms with Gasteiger partial charge in [-0.1, -0.05) is 72.8 Å². The second kappa shape index (κ2) is 11.0. The molecule has 2 rings (SSSR count). The van der Waals surface area contributed by atoms with E-state index in [4.69, 9.17) is 4.74 Å². The minimum Gasteiger partial charge on any atom is -0.461 e. The summed E-state index contributed by atoms with van der Waals surface area (Å²) < 4.78 is 4.96. The number of esters is 1. The lowest BCUT2D eigenvalue weighted by Crippen LogP contribution is -2.02. The summed E-state index contributed by atoms with van der Waals surface area (Å²) >= 11 is 0. The largest absolute Gasteiger partial charge is 0.461 e. The van der Waals surface area contributed by atoms with Crippen LogP contribution >= 0.6 is 0 Å². The zero-order valence-electron chi connectivity index (χ0n) is 13.1. The molecule has 23 heavy (non-hydrogen) atoms. The van der Waals surface area contributed by atoms with Gasteiger partial charge in [0.1, 0.15) is 6.61 Å². The van der Waals surface area contributed by atoms with Crippen LogP contribution in [0, 0.1) is 0 Å². The molecule has 0 radical (unpaired) electrons. The molecule has 0 fully saturated rings. The quantitative estimate of drug-likeness (QED) is 0.642. The first kappa shape index (κ1) is 18.4. The molecule has 0 aliphatic carbocycles. The maximum atomic E-state index is 10.9. The Kier molecular flexibility index (Phi) is 8.79. The van der Waals surface area contributed by atoms with Crippen molar-refractivity contribution in [3.63, 3.8) is 0 Å². The van der Waals surface area contributed by atoms with Crippen LogP contribution < -0.4 is 0 Å². The third-order valence-electron chi connectivity index (χ3n) is 2.92. The molecule has 0 bridgehead atoms. The van der Waals surface area contributed by atoms with Crippen molar-refractivity contribution in [3.8, 4) is 0 Å². The average molecular weight is 310 g/mol. The molecular formula is C20H22O3. The van der Waals surface area contributed by atoms with Gasteiger partial charge in [-0.25, -0.2) is 0 Å².